The highest BCUT2D eigenvalue weighted by molar-refractivity contribution is 5.93. The number of amides is 1. The van der Waals surface area contributed by atoms with Gasteiger partial charge in [0.25, 0.3) is 5.91 Å². The summed E-state index contributed by atoms with van der Waals surface area (Å²) < 4.78 is 15.1. The quantitative estimate of drug-likeness (QED) is 0.838. The van der Waals surface area contributed by atoms with Crippen LogP contribution in [-0.2, 0) is 7.05 Å². The number of carbonyl (C=O) groups is 1. The van der Waals surface area contributed by atoms with Crippen LogP contribution in [0.2, 0.25) is 0 Å². The van der Waals surface area contributed by atoms with Gasteiger partial charge in [-0.3, -0.25) is 14.4 Å². The van der Waals surface area contributed by atoms with Crippen molar-refractivity contribution in [3.05, 3.63) is 41.3 Å². The molecule has 1 heterocycles. The molecule has 0 saturated heterocycles. The lowest BCUT2D eigenvalue weighted by atomic mass is 10.1. The number of halogens is 1. The first-order valence-corrected chi connectivity index (χ1v) is 8.70. The highest BCUT2D eigenvalue weighted by Gasteiger charge is 2.16. The first-order chi connectivity index (χ1) is 11.9. The van der Waals surface area contributed by atoms with Gasteiger partial charge in [-0.05, 0) is 56.8 Å². The van der Waals surface area contributed by atoms with Crippen molar-refractivity contribution in [2.75, 3.05) is 19.6 Å². The van der Waals surface area contributed by atoms with E-state index in [4.69, 9.17) is 0 Å². The summed E-state index contributed by atoms with van der Waals surface area (Å²) in [5.41, 5.74) is 2.55. The largest absolute Gasteiger partial charge is 0.349 e. The molecule has 1 unspecified atom stereocenters. The lowest BCUT2D eigenvalue weighted by molar-refractivity contribution is 0.0932. The van der Waals surface area contributed by atoms with Gasteiger partial charge < -0.3 is 5.32 Å². The van der Waals surface area contributed by atoms with Crippen molar-refractivity contribution in [3.63, 3.8) is 0 Å². The Bertz CT molecular complexity index is 737. The van der Waals surface area contributed by atoms with E-state index in [0.29, 0.717) is 17.8 Å². The molecule has 1 aromatic carbocycles. The third-order valence-electron chi connectivity index (χ3n) is 4.56. The van der Waals surface area contributed by atoms with E-state index in [-0.39, 0.29) is 17.8 Å². The summed E-state index contributed by atoms with van der Waals surface area (Å²) in [6.45, 7) is 10.5. The zero-order valence-corrected chi connectivity index (χ0v) is 15.6. The van der Waals surface area contributed by atoms with Gasteiger partial charge in [-0.15, -0.1) is 0 Å². The van der Waals surface area contributed by atoms with Gasteiger partial charge in [0.1, 0.15) is 5.82 Å². The van der Waals surface area contributed by atoms with Crippen LogP contribution in [0.4, 0.5) is 4.39 Å². The van der Waals surface area contributed by atoms with E-state index in [9.17, 15) is 9.18 Å². The molecule has 1 atom stereocenters. The summed E-state index contributed by atoms with van der Waals surface area (Å²) in [7, 11) is 1.78. The minimum absolute atomic E-state index is 0.195. The van der Waals surface area contributed by atoms with Gasteiger partial charge in [0.15, 0.2) is 5.69 Å². The molecule has 2 rings (SSSR count). The molecule has 5 nitrogen and oxygen atoms in total. The van der Waals surface area contributed by atoms with Crippen molar-refractivity contribution in [1.29, 1.82) is 0 Å². The van der Waals surface area contributed by atoms with Crippen LogP contribution in [0, 0.1) is 12.7 Å². The fourth-order valence-corrected chi connectivity index (χ4v) is 2.96. The first kappa shape index (κ1) is 19.1. The van der Waals surface area contributed by atoms with Crippen LogP contribution in [0.1, 0.15) is 36.8 Å². The summed E-state index contributed by atoms with van der Waals surface area (Å²) in [5.74, 6) is -0.436. The average Bonchev–Trinajstić information content (AvgIpc) is 2.98. The molecule has 0 aliphatic carbocycles. The Labute approximate surface area is 148 Å². The summed E-state index contributed by atoms with van der Waals surface area (Å²) in [6.07, 6.45) is 0. The van der Waals surface area contributed by atoms with E-state index in [1.807, 2.05) is 0 Å². The maximum Gasteiger partial charge on any atom is 0.271 e. The molecular weight excluding hydrogens is 319 g/mol. The summed E-state index contributed by atoms with van der Waals surface area (Å²) in [5, 5.41) is 7.24. The van der Waals surface area contributed by atoms with E-state index in [1.165, 1.54) is 6.07 Å². The molecule has 0 saturated carbocycles. The zero-order valence-electron chi connectivity index (χ0n) is 15.6. The standard InChI is InChI=1S/C19H27FN4O/c1-6-24(7-2)14(4)12-21-19(25)17-11-18(23(5)22-17)15-8-9-16(20)13(3)10-15/h8-11,14H,6-7,12H2,1-5H3,(H,21,25). The normalized spacial score (nSPS) is 12.4. The SMILES string of the molecule is CCN(CC)C(C)CNC(=O)c1cc(-c2ccc(F)c(C)c2)n(C)n1. The molecule has 1 N–H and O–H groups in total. The molecular formula is C19H27FN4O. The van der Waals surface area contributed by atoms with Crippen LogP contribution < -0.4 is 5.32 Å². The molecule has 0 spiro atoms. The number of likely N-dealkylation sites (N-methyl/N-ethyl adjacent to an activating group) is 1. The highest BCUT2D eigenvalue weighted by Crippen LogP contribution is 2.22. The Hall–Kier alpha value is -2.21. The van der Waals surface area contributed by atoms with E-state index in [1.54, 1.807) is 36.9 Å². The molecule has 0 bridgehead atoms. The van der Waals surface area contributed by atoms with Crippen molar-refractivity contribution in [2.45, 2.75) is 33.7 Å². The van der Waals surface area contributed by atoms with Crippen LogP contribution in [-0.4, -0.2) is 46.3 Å². The minimum Gasteiger partial charge on any atom is -0.349 e. The number of carbonyl (C=O) groups excluding carboxylic acids is 1. The lowest BCUT2D eigenvalue weighted by Crippen LogP contribution is -2.42. The fraction of sp³-hybridized carbons (Fsp3) is 0.474. The molecule has 136 valence electrons. The molecule has 0 aliphatic heterocycles. The fourth-order valence-electron chi connectivity index (χ4n) is 2.96. The average molecular weight is 346 g/mol. The maximum atomic E-state index is 13.5. The Balaban J connectivity index is 2.10. The van der Waals surface area contributed by atoms with Crippen LogP contribution in [0.3, 0.4) is 0 Å². The molecule has 1 amide bonds. The second-order valence-electron chi connectivity index (χ2n) is 6.28. The topological polar surface area (TPSA) is 50.2 Å². The smallest absolute Gasteiger partial charge is 0.271 e. The predicted octanol–water partition coefficient (Wildman–Crippen LogP) is 2.99. The van der Waals surface area contributed by atoms with Gasteiger partial charge in [-0.2, -0.15) is 5.10 Å². The van der Waals surface area contributed by atoms with Crippen molar-refractivity contribution >= 4 is 5.91 Å². The van der Waals surface area contributed by atoms with E-state index < -0.39 is 0 Å². The molecule has 6 heteroatoms. The Morgan fingerprint density at radius 3 is 2.60 bits per heavy atom. The molecule has 25 heavy (non-hydrogen) atoms. The Morgan fingerprint density at radius 1 is 1.32 bits per heavy atom. The van der Waals surface area contributed by atoms with Crippen molar-refractivity contribution in [1.82, 2.24) is 20.0 Å². The van der Waals surface area contributed by atoms with Crippen LogP contribution in [0.25, 0.3) is 11.3 Å². The summed E-state index contributed by atoms with van der Waals surface area (Å²) >= 11 is 0. The minimum atomic E-state index is -0.241. The summed E-state index contributed by atoms with van der Waals surface area (Å²) in [6, 6.07) is 6.90. The van der Waals surface area contributed by atoms with Gasteiger partial charge >= 0.3 is 0 Å². The van der Waals surface area contributed by atoms with Gasteiger partial charge in [0, 0.05) is 25.2 Å². The van der Waals surface area contributed by atoms with Crippen LogP contribution in [0.5, 0.6) is 0 Å². The third kappa shape index (κ3) is 4.45. The lowest BCUT2D eigenvalue weighted by Gasteiger charge is -2.26. The Morgan fingerprint density at radius 2 is 2.00 bits per heavy atom. The van der Waals surface area contributed by atoms with Crippen LogP contribution in [0.15, 0.2) is 24.3 Å². The number of aromatic nitrogens is 2. The number of benzene rings is 1. The second-order valence-corrected chi connectivity index (χ2v) is 6.28. The van der Waals surface area contributed by atoms with Gasteiger partial charge in [-0.25, -0.2) is 4.39 Å². The van der Waals surface area contributed by atoms with Crippen molar-refractivity contribution < 1.29 is 9.18 Å². The van der Waals surface area contributed by atoms with E-state index in [0.717, 1.165) is 24.3 Å². The van der Waals surface area contributed by atoms with E-state index >= 15 is 0 Å². The zero-order chi connectivity index (χ0) is 18.6. The molecule has 0 radical (unpaired) electrons. The van der Waals surface area contributed by atoms with Crippen LogP contribution >= 0.6 is 0 Å². The van der Waals surface area contributed by atoms with Gasteiger partial charge in [0.2, 0.25) is 0 Å². The third-order valence-corrected chi connectivity index (χ3v) is 4.56. The highest BCUT2D eigenvalue weighted by atomic mass is 19.1. The van der Waals surface area contributed by atoms with Gasteiger partial charge in [-0.1, -0.05) is 13.8 Å². The number of nitrogens with one attached hydrogen (secondary N) is 1. The number of rotatable bonds is 7. The first-order valence-electron chi connectivity index (χ1n) is 8.70. The number of hydrogen-bond acceptors (Lipinski definition) is 3. The Kier molecular flexibility index (Phi) is 6.31. The molecule has 1 aromatic heterocycles. The number of nitrogens with zero attached hydrogens (tertiary/aromatic N) is 3. The number of aryl methyl sites for hydroxylation is 2. The molecule has 2 aromatic rings. The molecule has 0 aliphatic rings. The summed E-state index contributed by atoms with van der Waals surface area (Å²) in [4.78, 5) is 14.7. The van der Waals surface area contributed by atoms with Gasteiger partial charge in [0.05, 0.1) is 5.69 Å². The predicted molar refractivity (Wildman–Crippen MR) is 98.1 cm³/mol. The second kappa shape index (κ2) is 8.25. The van der Waals surface area contributed by atoms with Crippen molar-refractivity contribution in [2.24, 2.45) is 7.05 Å². The maximum absolute atomic E-state index is 13.5. The van der Waals surface area contributed by atoms with E-state index in [2.05, 4.69) is 36.1 Å². The van der Waals surface area contributed by atoms with Crippen molar-refractivity contribution in [3.8, 4) is 11.3 Å². The monoisotopic (exact) mass is 346 g/mol. The number of hydrogen-bond donors (Lipinski definition) is 1. The molecule has 0 fully saturated rings.